The largest absolute Gasteiger partial charge is 0.490 e. The molecule has 0 bridgehead atoms. The maximum absolute atomic E-state index is 15.0. The number of rotatable bonds is 8. The molecule has 228 valence electrons. The predicted molar refractivity (Wildman–Crippen MR) is 154 cm³/mol. The molecule has 43 heavy (non-hydrogen) atoms. The van der Waals surface area contributed by atoms with Gasteiger partial charge in [-0.2, -0.15) is 13.5 Å². The summed E-state index contributed by atoms with van der Waals surface area (Å²) in [6.07, 6.45) is 4.65. The summed E-state index contributed by atoms with van der Waals surface area (Å²) in [5, 5.41) is 4.06. The molecule has 4 aromatic rings. The Bertz CT molecular complexity index is 1760. The molecule has 2 saturated heterocycles. The third-order valence-electron chi connectivity index (χ3n) is 7.70. The molecule has 6 rings (SSSR count). The average Bonchev–Trinajstić information content (AvgIpc) is 3.71. The second kappa shape index (κ2) is 11.4. The van der Waals surface area contributed by atoms with Gasteiger partial charge >= 0.3 is 10.2 Å². The van der Waals surface area contributed by atoms with Crippen LogP contribution < -0.4 is 18.7 Å². The van der Waals surface area contributed by atoms with Crippen LogP contribution in [0.1, 0.15) is 41.4 Å². The average molecular weight is 616 g/mol. The van der Waals surface area contributed by atoms with Crippen molar-refractivity contribution in [3.63, 3.8) is 0 Å². The molecule has 2 atom stereocenters. The Balaban J connectivity index is 1.29. The van der Waals surface area contributed by atoms with Gasteiger partial charge in [-0.3, -0.25) is 13.9 Å². The van der Waals surface area contributed by atoms with Crippen molar-refractivity contribution in [1.29, 1.82) is 0 Å². The van der Waals surface area contributed by atoms with E-state index in [4.69, 9.17) is 9.47 Å². The van der Waals surface area contributed by atoms with Gasteiger partial charge in [0.15, 0.2) is 5.82 Å². The number of benzene rings is 1. The normalized spacial score (nSPS) is 19.6. The van der Waals surface area contributed by atoms with Crippen molar-refractivity contribution >= 4 is 33.3 Å². The minimum atomic E-state index is -4.29. The highest BCUT2D eigenvalue weighted by molar-refractivity contribution is 7.91. The van der Waals surface area contributed by atoms with Gasteiger partial charge in [0, 0.05) is 63.9 Å². The number of nitrogens with zero attached hydrogens (tertiary/aromatic N) is 6. The first kappa shape index (κ1) is 28.9. The number of aryl methyl sites for hydroxylation is 1. The zero-order chi connectivity index (χ0) is 30.3. The molecule has 1 aromatic carbocycles. The topological polar surface area (TPSA) is 123 Å². The zero-order valence-electron chi connectivity index (χ0n) is 23.6. The highest BCUT2D eigenvalue weighted by Gasteiger charge is 2.36. The summed E-state index contributed by atoms with van der Waals surface area (Å²) in [4.78, 5) is 19.2. The Kier molecular flexibility index (Phi) is 7.68. The number of ether oxygens (including phenoxy) is 2. The van der Waals surface area contributed by atoms with Crippen LogP contribution in [-0.4, -0.2) is 72.6 Å². The van der Waals surface area contributed by atoms with Crippen LogP contribution in [0.2, 0.25) is 0 Å². The standard InChI is InChI=1S/C28H31F2N7O5S/c1-34-10-7-27(32-34)35(2)43(39,40)33-28(38)24-15-31-26-6-4-20(17-37(24)26)36-16-19(30)14-23(36)22-13-18(29)3-5-25(22)42-21-8-11-41-12-9-21/h3-7,10,13,15,17,19,21,23H,8-9,11-12,14,16H2,1-2H3,(H,33,38). The van der Waals surface area contributed by atoms with Crippen molar-refractivity contribution in [2.75, 3.05) is 36.0 Å². The number of pyridine rings is 1. The number of carbonyl (C=O) groups excluding carboxylic acids is 1. The lowest BCUT2D eigenvalue weighted by Gasteiger charge is -2.30. The Morgan fingerprint density at radius 1 is 1.19 bits per heavy atom. The third kappa shape index (κ3) is 5.86. The summed E-state index contributed by atoms with van der Waals surface area (Å²) < 4.78 is 72.8. The highest BCUT2D eigenvalue weighted by Crippen LogP contribution is 2.42. The minimum Gasteiger partial charge on any atom is -0.490 e. The fraction of sp³-hybridized carbons (Fsp3) is 0.393. The molecule has 0 saturated carbocycles. The van der Waals surface area contributed by atoms with Crippen LogP contribution in [0.3, 0.4) is 0 Å². The number of nitrogens with one attached hydrogen (secondary N) is 1. The van der Waals surface area contributed by atoms with Gasteiger partial charge < -0.3 is 14.4 Å². The molecule has 1 N–H and O–H groups in total. The maximum Gasteiger partial charge on any atom is 0.327 e. The fourth-order valence-electron chi connectivity index (χ4n) is 5.46. The monoisotopic (exact) mass is 615 g/mol. The van der Waals surface area contributed by atoms with Crippen molar-refractivity contribution in [3.8, 4) is 5.75 Å². The molecule has 15 heteroatoms. The van der Waals surface area contributed by atoms with E-state index in [0.717, 1.165) is 4.31 Å². The Morgan fingerprint density at radius 3 is 2.72 bits per heavy atom. The quantitative estimate of drug-likeness (QED) is 0.321. The van der Waals surface area contributed by atoms with Gasteiger partial charge in [0.1, 0.15) is 35.2 Å². The van der Waals surface area contributed by atoms with Crippen molar-refractivity contribution in [3.05, 3.63) is 72.1 Å². The van der Waals surface area contributed by atoms with E-state index in [1.54, 1.807) is 42.5 Å². The number of imidazole rings is 1. The lowest BCUT2D eigenvalue weighted by atomic mass is 10.0. The van der Waals surface area contributed by atoms with Gasteiger partial charge in [0.2, 0.25) is 0 Å². The van der Waals surface area contributed by atoms with Crippen molar-refractivity contribution in [2.24, 2.45) is 7.05 Å². The highest BCUT2D eigenvalue weighted by atomic mass is 32.2. The minimum absolute atomic E-state index is 0.0306. The number of aromatic nitrogens is 4. The Morgan fingerprint density at radius 2 is 1.98 bits per heavy atom. The number of alkyl halides is 1. The van der Waals surface area contributed by atoms with Crippen LogP contribution in [0.4, 0.5) is 20.3 Å². The lowest BCUT2D eigenvalue weighted by molar-refractivity contribution is 0.0250. The molecule has 1 amide bonds. The van der Waals surface area contributed by atoms with Crippen LogP contribution in [-0.2, 0) is 22.0 Å². The van der Waals surface area contributed by atoms with Gasteiger partial charge in [-0.25, -0.2) is 22.8 Å². The van der Waals surface area contributed by atoms with E-state index < -0.39 is 34.1 Å². The van der Waals surface area contributed by atoms with Gasteiger partial charge in [0.25, 0.3) is 5.91 Å². The number of carbonyl (C=O) groups is 1. The predicted octanol–water partition coefficient (Wildman–Crippen LogP) is 3.17. The third-order valence-corrected chi connectivity index (χ3v) is 9.05. The van der Waals surface area contributed by atoms with Crippen molar-refractivity contribution < 1.29 is 31.5 Å². The summed E-state index contributed by atoms with van der Waals surface area (Å²) in [6, 6.07) is 8.61. The van der Waals surface area contributed by atoms with Crippen LogP contribution in [0.25, 0.3) is 5.65 Å². The summed E-state index contributed by atoms with van der Waals surface area (Å²) >= 11 is 0. The van der Waals surface area contributed by atoms with Gasteiger partial charge in [-0.1, -0.05) is 0 Å². The first-order valence-electron chi connectivity index (χ1n) is 13.8. The van der Waals surface area contributed by atoms with E-state index in [-0.39, 0.29) is 30.6 Å². The molecular formula is C28H31F2N7O5S. The van der Waals surface area contributed by atoms with E-state index in [1.807, 2.05) is 4.72 Å². The van der Waals surface area contributed by atoms with Crippen LogP contribution in [0.5, 0.6) is 5.75 Å². The maximum atomic E-state index is 15.0. The lowest BCUT2D eigenvalue weighted by Crippen LogP contribution is -2.42. The molecule has 0 spiro atoms. The molecule has 3 aromatic heterocycles. The molecule has 5 heterocycles. The number of hydrogen-bond acceptors (Lipinski definition) is 8. The van der Waals surface area contributed by atoms with E-state index in [2.05, 4.69) is 10.1 Å². The smallest absolute Gasteiger partial charge is 0.327 e. The summed E-state index contributed by atoms with van der Waals surface area (Å²) in [6.45, 7) is 1.18. The second-order valence-electron chi connectivity index (χ2n) is 10.6. The molecule has 0 aliphatic carbocycles. The summed E-state index contributed by atoms with van der Waals surface area (Å²) in [5.41, 5.74) is 1.40. The Labute approximate surface area is 247 Å². The second-order valence-corrected chi connectivity index (χ2v) is 12.3. The number of amides is 1. The molecule has 2 unspecified atom stereocenters. The zero-order valence-corrected chi connectivity index (χ0v) is 24.4. The molecule has 2 aliphatic heterocycles. The Hall–Kier alpha value is -4.24. The van der Waals surface area contributed by atoms with Crippen molar-refractivity contribution in [2.45, 2.75) is 37.6 Å². The van der Waals surface area contributed by atoms with E-state index in [1.165, 1.54) is 40.5 Å². The number of halogens is 2. The number of anilines is 2. The first-order valence-corrected chi connectivity index (χ1v) is 15.3. The van der Waals surface area contributed by atoms with Gasteiger partial charge in [0.05, 0.1) is 31.1 Å². The molecule has 2 fully saturated rings. The van der Waals surface area contributed by atoms with Crippen molar-refractivity contribution in [1.82, 2.24) is 23.9 Å². The van der Waals surface area contributed by atoms with E-state index in [9.17, 15) is 22.0 Å². The molecular weight excluding hydrogens is 584 g/mol. The number of fused-ring (bicyclic) bond motifs is 1. The van der Waals surface area contributed by atoms with Crippen LogP contribution >= 0.6 is 0 Å². The molecule has 2 aliphatic rings. The van der Waals surface area contributed by atoms with Crippen LogP contribution in [0, 0.1) is 5.82 Å². The molecule has 12 nitrogen and oxygen atoms in total. The fourth-order valence-corrected chi connectivity index (χ4v) is 6.28. The summed E-state index contributed by atoms with van der Waals surface area (Å²) in [7, 11) is -1.38. The summed E-state index contributed by atoms with van der Waals surface area (Å²) in [5.74, 6) is -0.756. The molecule has 0 radical (unpaired) electrons. The van der Waals surface area contributed by atoms with Gasteiger partial charge in [-0.05, 0) is 30.3 Å². The first-order chi connectivity index (χ1) is 20.6. The van der Waals surface area contributed by atoms with Gasteiger partial charge in [-0.15, -0.1) is 0 Å². The SMILES string of the molecule is CN(c1ccn(C)n1)S(=O)(=O)NC(=O)c1cnc2ccc(N3CC(F)CC3c3cc(F)ccc3OC3CCOCC3)cn12. The number of hydrogen-bond donors (Lipinski definition) is 1. The van der Waals surface area contributed by atoms with E-state index >= 15 is 0 Å². The van der Waals surface area contributed by atoms with E-state index in [0.29, 0.717) is 48.7 Å². The van der Waals surface area contributed by atoms with Crippen LogP contribution in [0.15, 0.2) is 55.0 Å².